The average molecular weight is 644 g/mol. The van der Waals surface area contributed by atoms with E-state index >= 15 is 0 Å². The number of aliphatic hydroxyl groups is 1. The predicted molar refractivity (Wildman–Crippen MR) is 138 cm³/mol. The van der Waals surface area contributed by atoms with Crippen LogP contribution in [0.5, 0.6) is 0 Å². The van der Waals surface area contributed by atoms with E-state index in [4.69, 9.17) is 0 Å². The standard InChI is InChI=1S/C27H24BrF6N5O2/c1-26(41)10-38(11-26)19-3-2-17(28)22(36-19)18(6-12-4-13(29)7-14(30)5-12)35-20(40)9-39-24-21(23(37-39)25(31)32)15-8-16(15)27(24,33)34/h2-5,7,15-16,18,25,41H,6,8-11H2,1H3,(H,35,40)/t15-,16+,18-/m0/s1. The molecule has 2 N–H and O–H groups in total. The normalized spacial score (nSPS) is 22.2. The fraction of sp³-hybridized carbons (Fsp3) is 0.444. The highest BCUT2D eigenvalue weighted by atomic mass is 79.9. The fourth-order valence-corrected chi connectivity index (χ4v) is 6.44. The van der Waals surface area contributed by atoms with Crippen LogP contribution in [-0.2, 0) is 23.7 Å². The van der Waals surface area contributed by atoms with Crippen molar-refractivity contribution in [3.63, 3.8) is 0 Å². The van der Waals surface area contributed by atoms with E-state index in [-0.39, 0.29) is 29.7 Å². The topological polar surface area (TPSA) is 83.3 Å². The zero-order chi connectivity index (χ0) is 29.4. The highest BCUT2D eigenvalue weighted by Crippen LogP contribution is 2.68. The van der Waals surface area contributed by atoms with Crippen molar-refractivity contribution in [2.45, 2.75) is 56.2 Å². The first-order valence-electron chi connectivity index (χ1n) is 12.9. The van der Waals surface area contributed by atoms with E-state index in [1.54, 1.807) is 24.0 Å². The average Bonchev–Trinajstić information content (AvgIpc) is 3.51. The molecule has 0 unspecified atom stereocenters. The molecule has 3 aromatic rings. The van der Waals surface area contributed by atoms with Crippen LogP contribution in [0, 0.1) is 17.6 Å². The lowest BCUT2D eigenvalue weighted by molar-refractivity contribution is -0.123. The van der Waals surface area contributed by atoms with Gasteiger partial charge < -0.3 is 15.3 Å². The van der Waals surface area contributed by atoms with Crippen LogP contribution in [0.3, 0.4) is 0 Å². The molecule has 218 valence electrons. The SMILES string of the molecule is CC1(O)CN(c2ccc(Br)c([C@H](Cc3cc(F)cc(F)c3)NC(=O)Cn3nc(C(F)F)c4c3C(F)(F)[C@@H]3C[C@H]43)n2)C1. The van der Waals surface area contributed by atoms with Gasteiger partial charge in [0, 0.05) is 35.1 Å². The lowest BCUT2D eigenvalue weighted by Gasteiger charge is -2.45. The van der Waals surface area contributed by atoms with Crippen LogP contribution in [0.2, 0.25) is 0 Å². The Labute approximate surface area is 238 Å². The molecule has 2 aromatic heterocycles. The van der Waals surface area contributed by atoms with Gasteiger partial charge in [-0.2, -0.15) is 13.9 Å². The van der Waals surface area contributed by atoms with E-state index in [1.165, 1.54) is 0 Å². The van der Waals surface area contributed by atoms with Crippen LogP contribution in [0.1, 0.15) is 59.9 Å². The zero-order valence-corrected chi connectivity index (χ0v) is 23.1. The number of pyridine rings is 1. The maximum Gasteiger partial charge on any atom is 0.293 e. The van der Waals surface area contributed by atoms with Gasteiger partial charge in [-0.15, -0.1) is 0 Å². The highest BCUT2D eigenvalue weighted by molar-refractivity contribution is 9.10. The lowest BCUT2D eigenvalue weighted by atomic mass is 9.97. The summed E-state index contributed by atoms with van der Waals surface area (Å²) in [6.07, 6.45) is -3.12. The number of hydrogen-bond acceptors (Lipinski definition) is 5. The largest absolute Gasteiger partial charge is 0.386 e. The molecule has 3 heterocycles. The molecular weight excluding hydrogens is 620 g/mol. The summed E-state index contributed by atoms with van der Waals surface area (Å²) in [5.74, 6) is -7.20. The molecule has 7 nitrogen and oxygen atoms in total. The molecule has 0 bridgehead atoms. The van der Waals surface area contributed by atoms with Crippen LogP contribution >= 0.6 is 15.9 Å². The van der Waals surface area contributed by atoms with Crippen molar-refractivity contribution < 1.29 is 36.2 Å². The summed E-state index contributed by atoms with van der Waals surface area (Å²) >= 11 is 3.40. The van der Waals surface area contributed by atoms with Gasteiger partial charge in [0.25, 0.3) is 12.3 Å². The third-order valence-electron chi connectivity index (χ3n) is 7.73. The number of anilines is 1. The van der Waals surface area contributed by atoms with Gasteiger partial charge in [-0.1, -0.05) is 0 Å². The molecule has 1 aliphatic heterocycles. The number of amides is 1. The summed E-state index contributed by atoms with van der Waals surface area (Å²) in [6, 6.07) is 5.23. The molecule has 6 rings (SSSR count). The molecule has 3 atom stereocenters. The number of benzene rings is 1. The number of carbonyl (C=O) groups excluding carboxylic acids is 1. The lowest BCUT2D eigenvalue weighted by Crippen LogP contribution is -2.60. The van der Waals surface area contributed by atoms with Gasteiger partial charge in [0.2, 0.25) is 5.91 Å². The Morgan fingerprint density at radius 2 is 1.85 bits per heavy atom. The molecule has 3 aliphatic rings. The number of carbonyl (C=O) groups is 1. The van der Waals surface area contributed by atoms with E-state index in [1.807, 2.05) is 0 Å². The van der Waals surface area contributed by atoms with Crippen molar-refractivity contribution in [3.8, 4) is 0 Å². The maximum absolute atomic E-state index is 15.0. The molecule has 1 amide bonds. The molecule has 1 saturated carbocycles. The summed E-state index contributed by atoms with van der Waals surface area (Å²) in [4.78, 5) is 19.7. The minimum Gasteiger partial charge on any atom is -0.386 e. The number of nitrogens with one attached hydrogen (secondary N) is 1. The first-order valence-corrected chi connectivity index (χ1v) is 13.7. The quantitative estimate of drug-likeness (QED) is 0.333. The number of halogens is 7. The van der Waals surface area contributed by atoms with Crippen LogP contribution in [-0.4, -0.2) is 44.5 Å². The van der Waals surface area contributed by atoms with Crippen molar-refractivity contribution in [3.05, 3.63) is 74.6 Å². The molecule has 1 aromatic carbocycles. The van der Waals surface area contributed by atoms with Crippen molar-refractivity contribution in [1.82, 2.24) is 20.1 Å². The van der Waals surface area contributed by atoms with Gasteiger partial charge in [0.05, 0.1) is 17.3 Å². The smallest absolute Gasteiger partial charge is 0.293 e. The minimum absolute atomic E-state index is 0.0896. The Bertz CT molecular complexity index is 1520. The third-order valence-corrected chi connectivity index (χ3v) is 8.40. The van der Waals surface area contributed by atoms with Gasteiger partial charge in [-0.3, -0.25) is 9.48 Å². The van der Waals surface area contributed by atoms with Gasteiger partial charge in [0.15, 0.2) is 0 Å². The van der Waals surface area contributed by atoms with Gasteiger partial charge in [-0.05, 0) is 71.4 Å². The van der Waals surface area contributed by atoms with E-state index < -0.39 is 71.3 Å². The van der Waals surface area contributed by atoms with Crippen molar-refractivity contribution in [2.24, 2.45) is 5.92 Å². The second kappa shape index (κ2) is 9.72. The summed E-state index contributed by atoms with van der Waals surface area (Å²) in [7, 11) is 0. The second-order valence-electron chi connectivity index (χ2n) is 11.2. The maximum atomic E-state index is 15.0. The molecule has 2 aliphatic carbocycles. The second-order valence-corrected chi connectivity index (χ2v) is 12.0. The number of aromatic nitrogens is 3. The number of rotatable bonds is 8. The van der Waals surface area contributed by atoms with Crippen molar-refractivity contribution in [1.29, 1.82) is 0 Å². The Kier molecular flexibility index (Phi) is 6.64. The van der Waals surface area contributed by atoms with E-state index in [0.29, 0.717) is 34.1 Å². The molecule has 41 heavy (non-hydrogen) atoms. The van der Waals surface area contributed by atoms with Crippen LogP contribution in [0.15, 0.2) is 34.8 Å². The molecular formula is C27H24BrF6N5O2. The molecule has 0 radical (unpaired) electrons. The number of alkyl halides is 4. The van der Waals surface area contributed by atoms with E-state index in [2.05, 4.69) is 31.3 Å². The highest BCUT2D eigenvalue weighted by Gasteiger charge is 2.67. The summed E-state index contributed by atoms with van der Waals surface area (Å²) < 4.78 is 86.3. The van der Waals surface area contributed by atoms with E-state index in [0.717, 1.165) is 12.1 Å². The number of β-amino-alcohol motifs (C(OH)–C–C–N with tert-alkyl or cyclic N) is 1. The van der Waals surface area contributed by atoms with Crippen molar-refractivity contribution >= 4 is 27.7 Å². The monoisotopic (exact) mass is 643 g/mol. The third kappa shape index (κ3) is 5.09. The zero-order valence-electron chi connectivity index (χ0n) is 21.5. The summed E-state index contributed by atoms with van der Waals surface area (Å²) in [6.45, 7) is 1.51. The van der Waals surface area contributed by atoms with Gasteiger partial charge in [-0.25, -0.2) is 22.5 Å². The Morgan fingerprint density at radius 3 is 2.49 bits per heavy atom. The number of fused-ring (bicyclic) bond motifs is 3. The summed E-state index contributed by atoms with van der Waals surface area (Å²) in [5, 5.41) is 16.5. The Balaban J connectivity index is 1.31. The van der Waals surface area contributed by atoms with Crippen LogP contribution in [0.4, 0.5) is 32.2 Å². The first kappa shape index (κ1) is 28.0. The van der Waals surface area contributed by atoms with Crippen LogP contribution < -0.4 is 10.2 Å². The Hall–Kier alpha value is -3.13. The molecule has 14 heteroatoms. The number of hydrogen-bond donors (Lipinski definition) is 2. The van der Waals surface area contributed by atoms with E-state index in [9.17, 15) is 36.2 Å². The van der Waals surface area contributed by atoms with Gasteiger partial charge >= 0.3 is 0 Å². The molecule has 2 fully saturated rings. The Morgan fingerprint density at radius 1 is 1.17 bits per heavy atom. The van der Waals surface area contributed by atoms with Crippen LogP contribution in [0.25, 0.3) is 0 Å². The fourth-order valence-electron chi connectivity index (χ4n) is 5.94. The minimum atomic E-state index is -3.39. The predicted octanol–water partition coefficient (Wildman–Crippen LogP) is 5.14. The number of nitrogens with zero attached hydrogens (tertiary/aromatic N) is 4. The molecule has 1 saturated heterocycles. The summed E-state index contributed by atoms with van der Waals surface area (Å²) in [5.41, 5.74) is -2.03. The first-order chi connectivity index (χ1) is 19.2. The van der Waals surface area contributed by atoms with Crippen molar-refractivity contribution in [2.75, 3.05) is 18.0 Å². The van der Waals surface area contributed by atoms with Gasteiger partial charge in [0.1, 0.15) is 35.4 Å². The molecule has 0 spiro atoms.